The highest BCUT2D eigenvalue weighted by molar-refractivity contribution is 6.10. The first-order valence-electron chi connectivity index (χ1n) is 6.56. The van der Waals surface area contributed by atoms with Crippen LogP contribution in [0.25, 0.3) is 22.2 Å². The van der Waals surface area contributed by atoms with E-state index in [1.54, 1.807) is 36.4 Å². The molecule has 1 heterocycles. The molecule has 0 aliphatic carbocycles. The Balaban J connectivity index is 2.36. The number of benzene rings is 2. The van der Waals surface area contributed by atoms with Gasteiger partial charge < -0.3 is 9.72 Å². The number of nitro benzene ring substituents is 1. The van der Waals surface area contributed by atoms with E-state index in [4.69, 9.17) is 4.74 Å². The summed E-state index contributed by atoms with van der Waals surface area (Å²) in [4.78, 5) is 26.0. The minimum Gasteiger partial charge on any atom is -0.465 e. The van der Waals surface area contributed by atoms with Crippen molar-refractivity contribution in [3.63, 3.8) is 0 Å². The van der Waals surface area contributed by atoms with Gasteiger partial charge in [-0.25, -0.2) is 4.79 Å². The average Bonchev–Trinajstić information content (AvgIpc) is 2.93. The van der Waals surface area contributed by atoms with Crippen molar-refractivity contribution in [1.82, 2.24) is 4.98 Å². The average molecular weight is 296 g/mol. The van der Waals surface area contributed by atoms with Gasteiger partial charge in [0.1, 0.15) is 0 Å². The van der Waals surface area contributed by atoms with Crippen LogP contribution in [0.2, 0.25) is 0 Å². The quantitative estimate of drug-likeness (QED) is 0.455. The van der Waals surface area contributed by atoms with Crippen LogP contribution in [0, 0.1) is 10.1 Å². The van der Waals surface area contributed by atoms with Crippen molar-refractivity contribution in [3.05, 3.63) is 64.2 Å². The molecule has 0 fully saturated rings. The number of carbonyl (C=O) groups is 1. The number of carbonyl (C=O) groups excluding carboxylic acids is 1. The van der Waals surface area contributed by atoms with Crippen molar-refractivity contribution in [3.8, 4) is 11.3 Å². The molecule has 110 valence electrons. The lowest BCUT2D eigenvalue weighted by Crippen LogP contribution is -2.03. The Bertz CT molecular complexity index is 883. The molecular weight excluding hydrogens is 284 g/mol. The Morgan fingerprint density at radius 2 is 1.82 bits per heavy atom. The lowest BCUT2D eigenvalue weighted by Gasteiger charge is -2.04. The van der Waals surface area contributed by atoms with Crippen molar-refractivity contribution >= 4 is 22.6 Å². The van der Waals surface area contributed by atoms with Crippen molar-refractivity contribution in [2.45, 2.75) is 0 Å². The van der Waals surface area contributed by atoms with Gasteiger partial charge in [-0.1, -0.05) is 30.3 Å². The molecule has 6 heteroatoms. The van der Waals surface area contributed by atoms with E-state index in [1.165, 1.54) is 13.2 Å². The predicted molar refractivity (Wildman–Crippen MR) is 81.7 cm³/mol. The molecule has 0 saturated heterocycles. The fourth-order valence-electron chi connectivity index (χ4n) is 2.50. The summed E-state index contributed by atoms with van der Waals surface area (Å²) in [5.74, 6) is -0.536. The molecule has 3 aromatic rings. The van der Waals surface area contributed by atoms with Crippen LogP contribution in [-0.2, 0) is 4.74 Å². The number of nitrogens with zero attached hydrogens (tertiary/aromatic N) is 1. The molecule has 0 saturated carbocycles. The number of para-hydroxylation sites is 2. The minimum atomic E-state index is -0.536. The molecule has 0 bridgehead atoms. The second kappa shape index (κ2) is 5.33. The third kappa shape index (κ3) is 2.10. The predicted octanol–water partition coefficient (Wildman–Crippen LogP) is 3.53. The van der Waals surface area contributed by atoms with Gasteiger partial charge in [-0.2, -0.15) is 0 Å². The zero-order chi connectivity index (χ0) is 15.7. The lowest BCUT2D eigenvalue weighted by atomic mass is 10.0. The molecule has 0 atom stereocenters. The molecule has 1 N–H and O–H groups in total. The van der Waals surface area contributed by atoms with E-state index in [0.717, 1.165) is 5.52 Å². The molecule has 0 radical (unpaired) electrons. The Hall–Kier alpha value is -3.15. The second-order valence-electron chi connectivity index (χ2n) is 4.69. The highest BCUT2D eigenvalue weighted by Gasteiger charge is 2.24. The molecule has 3 rings (SSSR count). The summed E-state index contributed by atoms with van der Waals surface area (Å²) in [6.45, 7) is 0. The highest BCUT2D eigenvalue weighted by Crippen LogP contribution is 2.35. The summed E-state index contributed by atoms with van der Waals surface area (Å²) in [6.07, 6.45) is 0. The van der Waals surface area contributed by atoms with Gasteiger partial charge in [0.05, 0.1) is 28.9 Å². The van der Waals surface area contributed by atoms with Gasteiger partial charge in [-0.15, -0.1) is 0 Å². The van der Waals surface area contributed by atoms with Crippen LogP contribution in [0.5, 0.6) is 0 Å². The fourth-order valence-corrected chi connectivity index (χ4v) is 2.50. The minimum absolute atomic E-state index is 0.0702. The zero-order valence-electron chi connectivity index (χ0n) is 11.7. The molecule has 6 nitrogen and oxygen atoms in total. The Labute approximate surface area is 125 Å². The van der Waals surface area contributed by atoms with Crippen LogP contribution in [0.3, 0.4) is 0 Å². The summed E-state index contributed by atoms with van der Waals surface area (Å²) < 4.78 is 4.84. The number of aromatic amines is 1. The zero-order valence-corrected chi connectivity index (χ0v) is 11.7. The topological polar surface area (TPSA) is 85.2 Å². The lowest BCUT2D eigenvalue weighted by molar-refractivity contribution is -0.384. The molecule has 0 amide bonds. The molecule has 2 aromatic carbocycles. The summed E-state index contributed by atoms with van der Waals surface area (Å²) in [6, 6.07) is 13.5. The van der Waals surface area contributed by atoms with Crippen LogP contribution in [0.4, 0.5) is 5.69 Å². The normalized spacial score (nSPS) is 10.6. The van der Waals surface area contributed by atoms with Gasteiger partial charge in [-0.05, 0) is 12.1 Å². The Morgan fingerprint density at radius 3 is 2.55 bits per heavy atom. The van der Waals surface area contributed by atoms with Crippen LogP contribution >= 0.6 is 0 Å². The number of esters is 1. The first-order valence-corrected chi connectivity index (χ1v) is 6.56. The standard InChI is InChI=1S/C16H12N2O4/c1-22-16(19)14-10-6-2-4-8-12(10)17-15(14)11-7-3-5-9-13(11)18(20)21/h2-9,17H,1H3. The van der Waals surface area contributed by atoms with Gasteiger partial charge in [0.25, 0.3) is 5.69 Å². The second-order valence-corrected chi connectivity index (χ2v) is 4.69. The van der Waals surface area contributed by atoms with Crippen LogP contribution in [0.15, 0.2) is 48.5 Å². The molecule has 0 aliphatic rings. The molecule has 0 unspecified atom stereocenters. The first-order chi connectivity index (χ1) is 10.6. The largest absolute Gasteiger partial charge is 0.465 e. The van der Waals surface area contributed by atoms with Gasteiger partial charge in [-0.3, -0.25) is 10.1 Å². The molecule has 1 aromatic heterocycles. The molecule has 22 heavy (non-hydrogen) atoms. The van der Waals surface area contributed by atoms with Gasteiger partial charge in [0, 0.05) is 17.0 Å². The number of nitro groups is 1. The number of methoxy groups -OCH3 is 1. The maximum absolute atomic E-state index is 12.2. The number of nitrogens with one attached hydrogen (secondary N) is 1. The first kappa shape index (κ1) is 13.8. The van der Waals surface area contributed by atoms with Crippen molar-refractivity contribution in [2.75, 3.05) is 7.11 Å². The summed E-state index contributed by atoms with van der Waals surface area (Å²) in [5, 5.41) is 11.9. The highest BCUT2D eigenvalue weighted by atomic mass is 16.6. The van der Waals surface area contributed by atoms with Crippen molar-refractivity contribution in [2.24, 2.45) is 0 Å². The number of aromatic nitrogens is 1. The third-order valence-corrected chi connectivity index (χ3v) is 3.47. The summed E-state index contributed by atoms with van der Waals surface area (Å²) >= 11 is 0. The van der Waals surface area contributed by atoms with E-state index in [0.29, 0.717) is 22.2 Å². The number of fused-ring (bicyclic) bond motifs is 1. The van der Waals surface area contributed by atoms with E-state index in [9.17, 15) is 14.9 Å². The van der Waals surface area contributed by atoms with Gasteiger partial charge in [0.15, 0.2) is 0 Å². The van der Waals surface area contributed by atoms with Crippen LogP contribution in [-0.4, -0.2) is 23.0 Å². The number of H-pyrrole nitrogens is 1. The third-order valence-electron chi connectivity index (χ3n) is 3.47. The van der Waals surface area contributed by atoms with E-state index in [1.807, 2.05) is 6.07 Å². The van der Waals surface area contributed by atoms with Gasteiger partial charge in [0.2, 0.25) is 0 Å². The Morgan fingerprint density at radius 1 is 1.14 bits per heavy atom. The molecular formula is C16H12N2O4. The van der Waals surface area contributed by atoms with Crippen LogP contribution < -0.4 is 0 Å². The fraction of sp³-hybridized carbons (Fsp3) is 0.0625. The number of ether oxygens (including phenoxy) is 1. The molecule has 0 aliphatic heterocycles. The SMILES string of the molecule is COC(=O)c1c(-c2ccccc2[N+](=O)[O-])[nH]c2ccccc12. The van der Waals surface area contributed by atoms with Crippen molar-refractivity contribution < 1.29 is 14.5 Å². The summed E-state index contributed by atoms with van der Waals surface area (Å²) in [7, 11) is 1.29. The van der Waals surface area contributed by atoms with Crippen LogP contribution in [0.1, 0.15) is 10.4 Å². The monoisotopic (exact) mass is 296 g/mol. The number of hydrogen-bond donors (Lipinski definition) is 1. The van der Waals surface area contributed by atoms with Crippen molar-refractivity contribution in [1.29, 1.82) is 0 Å². The maximum Gasteiger partial charge on any atom is 0.340 e. The van der Waals surface area contributed by atoms with E-state index >= 15 is 0 Å². The smallest absolute Gasteiger partial charge is 0.340 e. The number of rotatable bonds is 3. The molecule has 0 spiro atoms. The van der Waals surface area contributed by atoms with E-state index in [-0.39, 0.29) is 5.69 Å². The number of hydrogen-bond acceptors (Lipinski definition) is 4. The van der Waals surface area contributed by atoms with E-state index in [2.05, 4.69) is 4.98 Å². The maximum atomic E-state index is 12.2. The van der Waals surface area contributed by atoms with E-state index < -0.39 is 10.9 Å². The Kier molecular flexibility index (Phi) is 3.34. The summed E-state index contributed by atoms with van der Waals surface area (Å²) in [5.41, 5.74) is 1.69. The van der Waals surface area contributed by atoms with Gasteiger partial charge >= 0.3 is 5.97 Å².